The fourth-order valence-electron chi connectivity index (χ4n) is 1.76. The van der Waals surface area contributed by atoms with Gasteiger partial charge in [-0.15, -0.1) is 29.3 Å². The SMILES string of the molecule is C=CCOCC(NC(=O)Cc1csc(-c2cccs2)n1)C(=O)O. The van der Waals surface area contributed by atoms with Crippen molar-refractivity contribution in [1.82, 2.24) is 10.3 Å². The molecule has 2 aromatic heterocycles. The molecule has 2 N–H and O–H groups in total. The maximum absolute atomic E-state index is 12.0. The number of aliphatic carboxylic acids is 1. The Bertz CT molecular complexity index is 667. The van der Waals surface area contributed by atoms with E-state index in [1.807, 2.05) is 17.5 Å². The zero-order valence-corrected chi connectivity index (χ0v) is 13.9. The van der Waals surface area contributed by atoms with Crippen LogP contribution in [0.3, 0.4) is 0 Å². The third-order valence-electron chi connectivity index (χ3n) is 2.78. The van der Waals surface area contributed by atoms with Gasteiger partial charge < -0.3 is 15.2 Å². The molecule has 0 bridgehead atoms. The van der Waals surface area contributed by atoms with Gasteiger partial charge in [0.25, 0.3) is 0 Å². The summed E-state index contributed by atoms with van der Waals surface area (Å²) in [5.41, 5.74) is 0.618. The van der Waals surface area contributed by atoms with Crippen molar-refractivity contribution < 1.29 is 19.4 Å². The fourth-order valence-corrected chi connectivity index (χ4v) is 3.39. The van der Waals surface area contributed by atoms with E-state index in [1.54, 1.807) is 16.7 Å². The Morgan fingerprint density at radius 2 is 2.30 bits per heavy atom. The second-order valence-electron chi connectivity index (χ2n) is 4.58. The molecule has 1 amide bonds. The molecule has 0 saturated heterocycles. The normalized spacial score (nSPS) is 11.8. The summed E-state index contributed by atoms with van der Waals surface area (Å²) in [6.45, 7) is 3.60. The van der Waals surface area contributed by atoms with Crippen molar-refractivity contribution in [2.24, 2.45) is 0 Å². The number of hydrogen-bond acceptors (Lipinski definition) is 6. The third kappa shape index (κ3) is 5.27. The van der Waals surface area contributed by atoms with Crippen LogP contribution in [0.15, 0.2) is 35.5 Å². The number of carboxylic acids is 1. The van der Waals surface area contributed by atoms with Crippen LogP contribution in [-0.2, 0) is 20.7 Å². The van der Waals surface area contributed by atoms with Gasteiger partial charge >= 0.3 is 5.97 Å². The average molecular weight is 352 g/mol. The first kappa shape index (κ1) is 17.3. The summed E-state index contributed by atoms with van der Waals surface area (Å²) in [5.74, 6) is -1.54. The lowest BCUT2D eigenvalue weighted by molar-refractivity contribution is -0.143. The molecular formula is C15H16N2O4S2. The van der Waals surface area contributed by atoms with Gasteiger partial charge in [-0.3, -0.25) is 4.79 Å². The average Bonchev–Trinajstić information content (AvgIpc) is 3.17. The first-order valence-electron chi connectivity index (χ1n) is 6.79. The van der Waals surface area contributed by atoms with Gasteiger partial charge in [-0.25, -0.2) is 9.78 Å². The van der Waals surface area contributed by atoms with Crippen molar-refractivity contribution in [2.75, 3.05) is 13.2 Å². The molecule has 23 heavy (non-hydrogen) atoms. The second kappa shape index (κ2) is 8.56. The molecule has 8 heteroatoms. The van der Waals surface area contributed by atoms with Gasteiger partial charge in [0, 0.05) is 5.38 Å². The van der Waals surface area contributed by atoms with E-state index >= 15 is 0 Å². The van der Waals surface area contributed by atoms with Crippen molar-refractivity contribution in [3.8, 4) is 9.88 Å². The minimum Gasteiger partial charge on any atom is -0.480 e. The molecule has 0 aliphatic heterocycles. The number of nitrogens with one attached hydrogen (secondary N) is 1. The number of rotatable bonds is 9. The van der Waals surface area contributed by atoms with E-state index in [-0.39, 0.29) is 19.6 Å². The molecule has 0 fully saturated rings. The van der Waals surface area contributed by atoms with Gasteiger partial charge in [0.1, 0.15) is 5.01 Å². The minimum absolute atomic E-state index is 0.0348. The minimum atomic E-state index is -1.14. The van der Waals surface area contributed by atoms with E-state index in [9.17, 15) is 9.59 Å². The van der Waals surface area contributed by atoms with Gasteiger partial charge in [0.2, 0.25) is 5.91 Å². The molecule has 0 spiro atoms. The fraction of sp³-hybridized carbons (Fsp3) is 0.267. The molecule has 2 rings (SSSR count). The molecule has 1 unspecified atom stereocenters. The number of ether oxygens (including phenoxy) is 1. The highest BCUT2D eigenvalue weighted by atomic mass is 32.1. The van der Waals surface area contributed by atoms with Crippen LogP contribution >= 0.6 is 22.7 Å². The van der Waals surface area contributed by atoms with E-state index in [2.05, 4.69) is 16.9 Å². The van der Waals surface area contributed by atoms with Crippen LogP contribution in [0.5, 0.6) is 0 Å². The molecule has 2 heterocycles. The Morgan fingerprint density at radius 3 is 2.96 bits per heavy atom. The zero-order chi connectivity index (χ0) is 16.7. The lowest BCUT2D eigenvalue weighted by Gasteiger charge is -2.13. The predicted octanol–water partition coefficient (Wildman–Crippen LogP) is 2.19. The zero-order valence-electron chi connectivity index (χ0n) is 12.2. The van der Waals surface area contributed by atoms with E-state index < -0.39 is 17.9 Å². The first-order chi connectivity index (χ1) is 11.1. The molecule has 0 saturated carbocycles. The standard InChI is InChI=1S/C15H16N2O4S2/c1-2-5-21-8-11(15(19)20)17-13(18)7-10-9-23-14(16-10)12-4-3-6-22-12/h2-4,6,9,11H,1,5,7-8H2,(H,17,18)(H,19,20). The van der Waals surface area contributed by atoms with Crippen molar-refractivity contribution in [1.29, 1.82) is 0 Å². The summed E-state index contributed by atoms with van der Waals surface area (Å²) in [6.07, 6.45) is 1.55. The Labute approximate surface area is 141 Å². The number of aromatic nitrogens is 1. The van der Waals surface area contributed by atoms with Gasteiger partial charge in [-0.05, 0) is 11.4 Å². The van der Waals surface area contributed by atoms with Crippen molar-refractivity contribution >= 4 is 34.6 Å². The van der Waals surface area contributed by atoms with Gasteiger partial charge in [0.15, 0.2) is 6.04 Å². The molecule has 0 aromatic carbocycles. The van der Waals surface area contributed by atoms with Crippen molar-refractivity contribution in [3.63, 3.8) is 0 Å². The Hall–Kier alpha value is -2.03. The van der Waals surface area contributed by atoms with Crippen LogP contribution in [0.25, 0.3) is 9.88 Å². The molecule has 1 atom stereocenters. The number of carbonyl (C=O) groups is 2. The molecule has 0 radical (unpaired) electrons. The summed E-state index contributed by atoms with van der Waals surface area (Å²) in [6, 6.07) is 2.82. The number of carbonyl (C=O) groups excluding carboxylic acids is 1. The topological polar surface area (TPSA) is 88.5 Å². The summed E-state index contributed by atoms with van der Waals surface area (Å²) in [5, 5.41) is 16.1. The molecule has 2 aromatic rings. The number of amides is 1. The maximum atomic E-state index is 12.0. The summed E-state index contributed by atoms with van der Waals surface area (Å²) in [4.78, 5) is 28.5. The van der Waals surface area contributed by atoms with Crippen LogP contribution in [0.4, 0.5) is 0 Å². The Balaban J connectivity index is 1.90. The van der Waals surface area contributed by atoms with Crippen LogP contribution in [0, 0.1) is 0 Å². The second-order valence-corrected chi connectivity index (χ2v) is 6.39. The molecule has 122 valence electrons. The predicted molar refractivity (Wildman–Crippen MR) is 89.7 cm³/mol. The summed E-state index contributed by atoms with van der Waals surface area (Å²) in [7, 11) is 0. The van der Waals surface area contributed by atoms with E-state index in [0.717, 1.165) is 9.88 Å². The molecule has 6 nitrogen and oxygen atoms in total. The van der Waals surface area contributed by atoms with Gasteiger partial charge in [0.05, 0.1) is 30.2 Å². The Morgan fingerprint density at radius 1 is 1.48 bits per heavy atom. The van der Waals surface area contributed by atoms with Gasteiger partial charge in [-0.2, -0.15) is 0 Å². The van der Waals surface area contributed by atoms with E-state index in [4.69, 9.17) is 9.84 Å². The van der Waals surface area contributed by atoms with Crippen LogP contribution in [0.1, 0.15) is 5.69 Å². The first-order valence-corrected chi connectivity index (χ1v) is 8.55. The molecule has 0 aliphatic carbocycles. The number of hydrogen-bond donors (Lipinski definition) is 2. The van der Waals surface area contributed by atoms with E-state index in [1.165, 1.54) is 17.4 Å². The largest absolute Gasteiger partial charge is 0.480 e. The number of thiophene rings is 1. The lowest BCUT2D eigenvalue weighted by atomic mass is 10.2. The third-order valence-corrected chi connectivity index (χ3v) is 4.71. The quantitative estimate of drug-likeness (QED) is 0.533. The number of thiazole rings is 1. The van der Waals surface area contributed by atoms with Gasteiger partial charge in [-0.1, -0.05) is 12.1 Å². The summed E-state index contributed by atoms with van der Waals surface area (Å²) < 4.78 is 5.08. The van der Waals surface area contributed by atoms with Crippen LogP contribution in [0.2, 0.25) is 0 Å². The lowest BCUT2D eigenvalue weighted by Crippen LogP contribution is -2.44. The number of carboxylic acid groups (broad SMARTS) is 1. The molecular weight excluding hydrogens is 336 g/mol. The highest BCUT2D eigenvalue weighted by Gasteiger charge is 2.20. The Kier molecular flexibility index (Phi) is 6.45. The monoisotopic (exact) mass is 352 g/mol. The smallest absolute Gasteiger partial charge is 0.328 e. The summed E-state index contributed by atoms with van der Waals surface area (Å²) >= 11 is 3.04. The highest BCUT2D eigenvalue weighted by Crippen LogP contribution is 2.27. The van der Waals surface area contributed by atoms with Crippen molar-refractivity contribution in [2.45, 2.75) is 12.5 Å². The number of nitrogens with zero attached hydrogens (tertiary/aromatic N) is 1. The van der Waals surface area contributed by atoms with Crippen LogP contribution in [-0.4, -0.2) is 41.2 Å². The van der Waals surface area contributed by atoms with Crippen LogP contribution < -0.4 is 5.32 Å². The molecule has 0 aliphatic rings. The van der Waals surface area contributed by atoms with Crippen molar-refractivity contribution in [3.05, 3.63) is 41.2 Å². The maximum Gasteiger partial charge on any atom is 0.328 e. The van der Waals surface area contributed by atoms with E-state index in [0.29, 0.717) is 5.69 Å². The highest BCUT2D eigenvalue weighted by molar-refractivity contribution is 7.20.